The van der Waals surface area contributed by atoms with Gasteiger partial charge in [0.2, 0.25) is 0 Å². The Morgan fingerprint density at radius 3 is 2.11 bits per heavy atom. The van der Waals surface area contributed by atoms with E-state index in [0.717, 1.165) is 10.6 Å². The molecule has 0 fully saturated rings. The molecule has 3 aromatic rings. The summed E-state index contributed by atoms with van der Waals surface area (Å²) in [5, 5.41) is 7.81. The number of hydrogen-bond donors (Lipinski definition) is 3. The summed E-state index contributed by atoms with van der Waals surface area (Å²) >= 11 is 1.31. The molecule has 182 valence electrons. The van der Waals surface area contributed by atoms with Gasteiger partial charge < -0.3 is 25.4 Å². The second-order valence-corrected chi connectivity index (χ2v) is 8.58. The van der Waals surface area contributed by atoms with Gasteiger partial charge in [-0.3, -0.25) is 19.2 Å². The highest BCUT2D eigenvalue weighted by molar-refractivity contribution is 7.13. The molecule has 0 aliphatic rings. The highest BCUT2D eigenvalue weighted by atomic mass is 32.1. The standard InChI is InChI=1S/C25H25N3O6S/c1-3-33-20-11-9-19(10-12-20)28-24(31)17-5-7-18(8-6-17)27-22(29)15-34-23(30)14-26-25(32)21-13-4-16(2)35-21/h4-13H,3,14-15H2,1-2H3,(H,26,32)(H,27,29)(H,28,31). The minimum Gasteiger partial charge on any atom is -0.494 e. The Morgan fingerprint density at radius 2 is 1.49 bits per heavy atom. The van der Waals surface area contributed by atoms with Crippen molar-refractivity contribution in [1.82, 2.24) is 5.32 Å². The predicted molar refractivity (Wildman–Crippen MR) is 133 cm³/mol. The zero-order valence-corrected chi connectivity index (χ0v) is 20.1. The van der Waals surface area contributed by atoms with E-state index in [1.807, 2.05) is 19.9 Å². The van der Waals surface area contributed by atoms with E-state index in [-0.39, 0.29) is 18.4 Å². The molecule has 3 amide bonds. The number of amides is 3. The summed E-state index contributed by atoms with van der Waals surface area (Å²) < 4.78 is 10.3. The second kappa shape index (κ2) is 12.3. The highest BCUT2D eigenvalue weighted by Gasteiger charge is 2.13. The quantitative estimate of drug-likeness (QED) is 0.369. The Hall–Kier alpha value is -4.18. The van der Waals surface area contributed by atoms with Gasteiger partial charge in [-0.25, -0.2) is 0 Å². The molecule has 35 heavy (non-hydrogen) atoms. The Balaban J connectivity index is 1.40. The molecule has 1 aromatic heterocycles. The van der Waals surface area contributed by atoms with E-state index in [1.54, 1.807) is 54.6 Å². The predicted octanol–water partition coefficient (Wildman–Crippen LogP) is 3.62. The smallest absolute Gasteiger partial charge is 0.325 e. The first-order chi connectivity index (χ1) is 16.8. The fraction of sp³-hybridized carbons (Fsp3) is 0.200. The van der Waals surface area contributed by atoms with Crippen LogP contribution in [0.3, 0.4) is 0 Å². The van der Waals surface area contributed by atoms with Crippen molar-refractivity contribution >= 4 is 46.4 Å². The third kappa shape index (κ3) is 7.97. The van der Waals surface area contributed by atoms with Gasteiger partial charge in [-0.05, 0) is 74.5 Å². The summed E-state index contributed by atoms with van der Waals surface area (Å²) in [6.45, 7) is 3.48. The molecular weight excluding hydrogens is 470 g/mol. The number of esters is 1. The number of benzene rings is 2. The molecule has 3 rings (SSSR count). The Labute approximate surface area is 206 Å². The van der Waals surface area contributed by atoms with Crippen LogP contribution in [0.25, 0.3) is 0 Å². The molecular formula is C25H25N3O6S. The van der Waals surface area contributed by atoms with Crippen molar-refractivity contribution in [2.24, 2.45) is 0 Å². The van der Waals surface area contributed by atoms with Gasteiger partial charge in [0.15, 0.2) is 6.61 Å². The van der Waals surface area contributed by atoms with Crippen molar-refractivity contribution < 1.29 is 28.7 Å². The van der Waals surface area contributed by atoms with Crippen molar-refractivity contribution in [3.05, 3.63) is 76.0 Å². The van der Waals surface area contributed by atoms with Crippen molar-refractivity contribution in [1.29, 1.82) is 0 Å². The number of thiophene rings is 1. The van der Waals surface area contributed by atoms with E-state index in [0.29, 0.717) is 28.4 Å². The van der Waals surface area contributed by atoms with Gasteiger partial charge in [0.25, 0.3) is 17.7 Å². The van der Waals surface area contributed by atoms with Crippen LogP contribution in [0.4, 0.5) is 11.4 Å². The lowest BCUT2D eigenvalue weighted by molar-refractivity contribution is -0.146. The Morgan fingerprint density at radius 1 is 0.829 bits per heavy atom. The molecule has 0 bridgehead atoms. The molecule has 3 N–H and O–H groups in total. The molecule has 0 spiro atoms. The van der Waals surface area contributed by atoms with Crippen LogP contribution in [0.5, 0.6) is 5.75 Å². The van der Waals surface area contributed by atoms with E-state index < -0.39 is 18.5 Å². The molecule has 0 aliphatic carbocycles. The van der Waals surface area contributed by atoms with E-state index in [1.165, 1.54) is 11.3 Å². The Kier molecular flexibility index (Phi) is 8.96. The number of hydrogen-bond acceptors (Lipinski definition) is 7. The first kappa shape index (κ1) is 25.4. The first-order valence-electron chi connectivity index (χ1n) is 10.8. The van der Waals surface area contributed by atoms with Gasteiger partial charge in [-0.1, -0.05) is 0 Å². The third-order valence-electron chi connectivity index (χ3n) is 4.58. The van der Waals surface area contributed by atoms with Crippen molar-refractivity contribution in [3.63, 3.8) is 0 Å². The van der Waals surface area contributed by atoms with Crippen LogP contribution < -0.4 is 20.7 Å². The maximum Gasteiger partial charge on any atom is 0.325 e. The fourth-order valence-corrected chi connectivity index (χ4v) is 3.68. The van der Waals surface area contributed by atoms with E-state index >= 15 is 0 Å². The lowest BCUT2D eigenvalue weighted by Crippen LogP contribution is -2.31. The minimum absolute atomic E-state index is 0.305. The molecule has 1 heterocycles. The SMILES string of the molecule is CCOc1ccc(NC(=O)c2ccc(NC(=O)COC(=O)CNC(=O)c3ccc(C)s3)cc2)cc1. The maximum absolute atomic E-state index is 12.4. The molecule has 0 saturated carbocycles. The molecule has 0 aliphatic heterocycles. The number of rotatable bonds is 10. The lowest BCUT2D eigenvalue weighted by Gasteiger charge is -2.09. The number of carbonyl (C=O) groups excluding carboxylic acids is 4. The summed E-state index contributed by atoms with van der Waals surface area (Å²) in [5.41, 5.74) is 1.46. The van der Waals surface area contributed by atoms with Crippen LogP contribution >= 0.6 is 11.3 Å². The Bertz CT molecular complexity index is 1190. The number of nitrogens with one attached hydrogen (secondary N) is 3. The minimum atomic E-state index is -0.733. The highest BCUT2D eigenvalue weighted by Crippen LogP contribution is 2.17. The molecule has 2 aromatic carbocycles. The van der Waals surface area contributed by atoms with Crippen LogP contribution in [0, 0.1) is 6.92 Å². The van der Waals surface area contributed by atoms with E-state index in [4.69, 9.17) is 9.47 Å². The monoisotopic (exact) mass is 495 g/mol. The number of ether oxygens (including phenoxy) is 2. The van der Waals surface area contributed by atoms with Crippen LogP contribution in [-0.4, -0.2) is 43.4 Å². The fourth-order valence-electron chi connectivity index (χ4n) is 2.90. The second-order valence-electron chi connectivity index (χ2n) is 7.29. The average molecular weight is 496 g/mol. The zero-order chi connectivity index (χ0) is 25.2. The van der Waals surface area contributed by atoms with Gasteiger partial charge in [-0.15, -0.1) is 11.3 Å². The molecule has 0 saturated heterocycles. The summed E-state index contributed by atoms with van der Waals surface area (Å²) in [6.07, 6.45) is 0. The van der Waals surface area contributed by atoms with Crippen molar-refractivity contribution in [3.8, 4) is 5.75 Å². The maximum atomic E-state index is 12.4. The number of anilines is 2. The molecule has 0 radical (unpaired) electrons. The molecule has 10 heteroatoms. The van der Waals surface area contributed by atoms with Crippen LogP contribution in [0.2, 0.25) is 0 Å². The topological polar surface area (TPSA) is 123 Å². The van der Waals surface area contributed by atoms with Gasteiger partial charge in [0.05, 0.1) is 11.5 Å². The summed E-state index contributed by atoms with van der Waals surface area (Å²) in [6, 6.07) is 16.8. The zero-order valence-electron chi connectivity index (χ0n) is 19.3. The molecule has 9 nitrogen and oxygen atoms in total. The lowest BCUT2D eigenvalue weighted by atomic mass is 10.2. The summed E-state index contributed by atoms with van der Waals surface area (Å²) in [5.74, 6) is -1.25. The van der Waals surface area contributed by atoms with Gasteiger partial charge in [0.1, 0.15) is 12.3 Å². The van der Waals surface area contributed by atoms with Crippen molar-refractivity contribution in [2.75, 3.05) is 30.4 Å². The third-order valence-corrected chi connectivity index (χ3v) is 5.58. The normalized spacial score (nSPS) is 10.2. The van der Waals surface area contributed by atoms with Crippen molar-refractivity contribution in [2.45, 2.75) is 13.8 Å². The van der Waals surface area contributed by atoms with E-state index in [9.17, 15) is 19.2 Å². The van der Waals surface area contributed by atoms with Crippen LogP contribution in [0.15, 0.2) is 60.7 Å². The van der Waals surface area contributed by atoms with Crippen LogP contribution in [0.1, 0.15) is 31.8 Å². The first-order valence-corrected chi connectivity index (χ1v) is 11.6. The number of carbonyl (C=O) groups is 4. The van der Waals surface area contributed by atoms with Crippen LogP contribution in [-0.2, 0) is 14.3 Å². The van der Waals surface area contributed by atoms with E-state index in [2.05, 4.69) is 16.0 Å². The summed E-state index contributed by atoms with van der Waals surface area (Å²) in [4.78, 5) is 49.7. The summed E-state index contributed by atoms with van der Waals surface area (Å²) in [7, 11) is 0. The molecule has 0 unspecified atom stereocenters. The van der Waals surface area contributed by atoms with Gasteiger partial charge in [-0.2, -0.15) is 0 Å². The largest absolute Gasteiger partial charge is 0.494 e. The van der Waals surface area contributed by atoms with Gasteiger partial charge in [0, 0.05) is 21.8 Å². The van der Waals surface area contributed by atoms with Gasteiger partial charge >= 0.3 is 5.97 Å². The average Bonchev–Trinajstić information content (AvgIpc) is 3.29. The molecule has 0 atom stereocenters. The number of aryl methyl sites for hydroxylation is 1.